The number of carbonyl (C=O) groups is 2. The molecule has 154 valence electrons. The third-order valence-electron chi connectivity index (χ3n) is 5.01. The van der Waals surface area contributed by atoms with E-state index in [1.54, 1.807) is 16.1 Å². The number of amides is 2. The van der Waals surface area contributed by atoms with Crippen molar-refractivity contribution in [3.8, 4) is 0 Å². The molecule has 6 heteroatoms. The standard InChI is InChI=1S/C22H33N3O3/c1-7-17(2)25(21(27)22(3,4)5)16-20(26)24(15-19-11-9-13-28-19)14-18-10-8-12-23(18)6/h8-13,17H,7,14-16H2,1-6H3/t17-/m1/s1. The Kier molecular flexibility index (Phi) is 7.11. The van der Waals surface area contributed by atoms with Crippen molar-refractivity contribution in [3.05, 3.63) is 48.2 Å². The number of aromatic nitrogens is 1. The molecule has 2 aromatic heterocycles. The minimum atomic E-state index is -0.534. The molecule has 2 rings (SSSR count). The Morgan fingerprint density at radius 3 is 2.39 bits per heavy atom. The van der Waals surface area contributed by atoms with Gasteiger partial charge in [0.05, 0.1) is 19.4 Å². The molecule has 2 heterocycles. The number of furan rings is 1. The van der Waals surface area contributed by atoms with E-state index in [0.717, 1.165) is 17.9 Å². The Morgan fingerprint density at radius 1 is 1.18 bits per heavy atom. The van der Waals surface area contributed by atoms with E-state index in [4.69, 9.17) is 4.42 Å². The molecule has 0 fully saturated rings. The topological polar surface area (TPSA) is 58.7 Å². The van der Waals surface area contributed by atoms with Gasteiger partial charge in [0.2, 0.25) is 11.8 Å². The van der Waals surface area contributed by atoms with Crippen molar-refractivity contribution in [1.82, 2.24) is 14.4 Å². The molecular formula is C22H33N3O3. The molecule has 0 aromatic carbocycles. The molecule has 0 saturated carbocycles. The first-order valence-electron chi connectivity index (χ1n) is 9.85. The maximum absolute atomic E-state index is 13.3. The van der Waals surface area contributed by atoms with E-state index < -0.39 is 5.41 Å². The smallest absolute Gasteiger partial charge is 0.242 e. The molecule has 0 aliphatic carbocycles. The maximum Gasteiger partial charge on any atom is 0.242 e. The van der Waals surface area contributed by atoms with E-state index in [1.807, 2.05) is 76.7 Å². The third kappa shape index (κ3) is 5.50. The SMILES string of the molecule is CC[C@@H](C)N(CC(=O)N(Cc1ccco1)Cc1cccn1C)C(=O)C(C)(C)C. The summed E-state index contributed by atoms with van der Waals surface area (Å²) in [4.78, 5) is 29.7. The Labute approximate surface area is 168 Å². The van der Waals surface area contributed by atoms with Gasteiger partial charge in [-0.1, -0.05) is 27.7 Å². The highest BCUT2D eigenvalue weighted by Crippen LogP contribution is 2.21. The highest BCUT2D eigenvalue weighted by molar-refractivity contribution is 5.87. The fourth-order valence-electron chi connectivity index (χ4n) is 3.00. The summed E-state index contributed by atoms with van der Waals surface area (Å²) in [7, 11) is 1.96. The third-order valence-corrected chi connectivity index (χ3v) is 5.01. The molecule has 0 spiro atoms. The number of hydrogen-bond donors (Lipinski definition) is 0. The van der Waals surface area contributed by atoms with Crippen LogP contribution in [0.3, 0.4) is 0 Å². The quantitative estimate of drug-likeness (QED) is 0.692. The van der Waals surface area contributed by atoms with Gasteiger partial charge in [-0.2, -0.15) is 0 Å². The molecule has 0 bridgehead atoms. The van der Waals surface area contributed by atoms with Crippen molar-refractivity contribution in [2.24, 2.45) is 12.5 Å². The van der Waals surface area contributed by atoms with Crippen LogP contribution in [0.2, 0.25) is 0 Å². The highest BCUT2D eigenvalue weighted by Gasteiger charge is 2.32. The molecule has 2 aromatic rings. The summed E-state index contributed by atoms with van der Waals surface area (Å²) in [6.45, 7) is 10.6. The summed E-state index contributed by atoms with van der Waals surface area (Å²) in [5.41, 5.74) is 0.491. The van der Waals surface area contributed by atoms with Gasteiger partial charge in [-0.15, -0.1) is 0 Å². The molecule has 0 saturated heterocycles. The molecule has 1 atom stereocenters. The van der Waals surface area contributed by atoms with Crippen LogP contribution in [0.4, 0.5) is 0 Å². The average molecular weight is 388 g/mol. The van der Waals surface area contributed by atoms with E-state index in [1.165, 1.54) is 0 Å². The lowest BCUT2D eigenvalue weighted by atomic mass is 9.93. The van der Waals surface area contributed by atoms with Crippen molar-refractivity contribution in [2.75, 3.05) is 6.54 Å². The summed E-state index contributed by atoms with van der Waals surface area (Å²) >= 11 is 0. The minimum absolute atomic E-state index is 0.00354. The van der Waals surface area contributed by atoms with E-state index in [0.29, 0.717) is 13.1 Å². The molecule has 0 N–H and O–H groups in total. The first kappa shape index (κ1) is 21.8. The van der Waals surface area contributed by atoms with Gasteiger partial charge in [-0.3, -0.25) is 9.59 Å². The van der Waals surface area contributed by atoms with Gasteiger partial charge in [0.1, 0.15) is 12.3 Å². The summed E-state index contributed by atoms with van der Waals surface area (Å²) < 4.78 is 7.45. The fourth-order valence-corrected chi connectivity index (χ4v) is 3.00. The van der Waals surface area contributed by atoms with Gasteiger partial charge in [0.25, 0.3) is 0 Å². The lowest BCUT2D eigenvalue weighted by Gasteiger charge is -2.35. The summed E-state index contributed by atoms with van der Waals surface area (Å²) in [6, 6.07) is 7.62. The number of rotatable bonds is 8. The number of aryl methyl sites for hydroxylation is 1. The van der Waals surface area contributed by atoms with Crippen LogP contribution in [-0.4, -0.2) is 38.8 Å². The van der Waals surface area contributed by atoms with Crippen LogP contribution in [0.1, 0.15) is 52.5 Å². The molecule has 0 radical (unpaired) electrons. The molecule has 28 heavy (non-hydrogen) atoms. The first-order valence-corrected chi connectivity index (χ1v) is 9.85. The zero-order chi connectivity index (χ0) is 20.9. The zero-order valence-electron chi connectivity index (χ0n) is 17.9. The normalized spacial score (nSPS) is 12.6. The van der Waals surface area contributed by atoms with E-state index >= 15 is 0 Å². The second kappa shape index (κ2) is 9.13. The second-order valence-corrected chi connectivity index (χ2v) is 8.38. The minimum Gasteiger partial charge on any atom is -0.467 e. The molecule has 2 amide bonds. The van der Waals surface area contributed by atoms with Crippen molar-refractivity contribution in [1.29, 1.82) is 0 Å². The van der Waals surface area contributed by atoms with Crippen LogP contribution in [0.15, 0.2) is 41.1 Å². The van der Waals surface area contributed by atoms with Crippen LogP contribution >= 0.6 is 0 Å². The van der Waals surface area contributed by atoms with Crippen LogP contribution in [0.5, 0.6) is 0 Å². The van der Waals surface area contributed by atoms with Crippen LogP contribution in [0, 0.1) is 5.41 Å². The number of hydrogen-bond acceptors (Lipinski definition) is 3. The highest BCUT2D eigenvalue weighted by atomic mass is 16.3. The van der Waals surface area contributed by atoms with Crippen LogP contribution in [-0.2, 0) is 29.7 Å². The maximum atomic E-state index is 13.3. The van der Waals surface area contributed by atoms with Gasteiger partial charge in [0, 0.05) is 30.4 Å². The van der Waals surface area contributed by atoms with E-state index in [9.17, 15) is 9.59 Å². The lowest BCUT2D eigenvalue weighted by Crippen LogP contribution is -2.49. The Balaban J connectivity index is 2.23. The van der Waals surface area contributed by atoms with Gasteiger partial charge >= 0.3 is 0 Å². The van der Waals surface area contributed by atoms with Crippen molar-refractivity contribution in [2.45, 2.75) is 60.2 Å². The van der Waals surface area contributed by atoms with Crippen molar-refractivity contribution < 1.29 is 14.0 Å². The van der Waals surface area contributed by atoms with Gasteiger partial charge in [-0.25, -0.2) is 0 Å². The van der Waals surface area contributed by atoms with Crippen molar-refractivity contribution in [3.63, 3.8) is 0 Å². The van der Waals surface area contributed by atoms with Gasteiger partial charge in [-0.05, 0) is 37.6 Å². The van der Waals surface area contributed by atoms with E-state index in [2.05, 4.69) is 0 Å². The van der Waals surface area contributed by atoms with Gasteiger partial charge < -0.3 is 18.8 Å². The predicted octanol–water partition coefficient (Wildman–Crippen LogP) is 3.82. The zero-order valence-corrected chi connectivity index (χ0v) is 17.9. The predicted molar refractivity (Wildman–Crippen MR) is 109 cm³/mol. The monoisotopic (exact) mass is 387 g/mol. The summed E-state index contributed by atoms with van der Waals surface area (Å²) in [5.74, 6) is 0.627. The Hall–Kier alpha value is -2.50. The van der Waals surface area contributed by atoms with Crippen molar-refractivity contribution >= 4 is 11.8 Å². The molecular weight excluding hydrogens is 354 g/mol. The first-order chi connectivity index (χ1) is 13.1. The fraction of sp³-hybridized carbons (Fsp3) is 0.545. The van der Waals surface area contributed by atoms with Gasteiger partial charge in [0.15, 0.2) is 0 Å². The number of carbonyl (C=O) groups excluding carboxylic acids is 2. The van der Waals surface area contributed by atoms with Crippen LogP contribution in [0.25, 0.3) is 0 Å². The van der Waals surface area contributed by atoms with Crippen LogP contribution < -0.4 is 0 Å². The average Bonchev–Trinajstić information content (AvgIpc) is 3.29. The molecule has 0 unspecified atom stereocenters. The lowest BCUT2D eigenvalue weighted by molar-refractivity contribution is -0.148. The molecule has 6 nitrogen and oxygen atoms in total. The summed E-state index contributed by atoms with van der Waals surface area (Å²) in [5, 5.41) is 0. The number of nitrogens with zero attached hydrogens (tertiary/aromatic N) is 3. The molecule has 0 aliphatic rings. The summed E-state index contributed by atoms with van der Waals surface area (Å²) in [6.07, 6.45) is 4.36. The largest absolute Gasteiger partial charge is 0.467 e. The van der Waals surface area contributed by atoms with E-state index in [-0.39, 0.29) is 24.4 Å². The molecule has 0 aliphatic heterocycles. The second-order valence-electron chi connectivity index (χ2n) is 8.38. The Morgan fingerprint density at radius 2 is 1.89 bits per heavy atom. The Bertz CT molecular complexity index is 771.